The highest BCUT2D eigenvalue weighted by atomic mass is 28.3. The van der Waals surface area contributed by atoms with Gasteiger partial charge in [0, 0.05) is 13.0 Å². The van der Waals surface area contributed by atoms with Crippen LogP contribution in [0.25, 0.3) is 0 Å². The first-order valence-corrected chi connectivity index (χ1v) is 13.0. The third-order valence-corrected chi connectivity index (χ3v) is 5.13. The van der Waals surface area contributed by atoms with E-state index >= 15 is 0 Å². The quantitative estimate of drug-likeness (QED) is 0.430. The van der Waals surface area contributed by atoms with Crippen LogP contribution in [0.4, 0.5) is 0 Å². The van der Waals surface area contributed by atoms with Crippen molar-refractivity contribution in [3.8, 4) is 11.5 Å². The van der Waals surface area contributed by atoms with Crippen LogP contribution in [-0.4, -0.2) is 62.6 Å². The number of aliphatic hydroxyl groups is 1. The molecule has 0 amide bonds. The van der Waals surface area contributed by atoms with E-state index in [1.807, 2.05) is 27.7 Å². The molecule has 2 fully saturated rings. The van der Waals surface area contributed by atoms with Gasteiger partial charge in [-0.25, -0.2) is 0 Å². The summed E-state index contributed by atoms with van der Waals surface area (Å²) < 4.78 is 29.2. The van der Waals surface area contributed by atoms with Gasteiger partial charge in [-0.05, 0) is 34.1 Å². The van der Waals surface area contributed by atoms with Gasteiger partial charge in [0.1, 0.15) is 26.4 Å². The van der Waals surface area contributed by atoms with Gasteiger partial charge >= 0.3 is 0 Å². The van der Waals surface area contributed by atoms with E-state index in [1.54, 1.807) is 0 Å². The van der Waals surface area contributed by atoms with Gasteiger partial charge in [-0.3, -0.25) is 0 Å². The van der Waals surface area contributed by atoms with E-state index in [4.69, 9.17) is 23.7 Å². The van der Waals surface area contributed by atoms with Gasteiger partial charge in [0.2, 0.25) is 0 Å². The van der Waals surface area contributed by atoms with E-state index in [-0.39, 0.29) is 0 Å². The van der Waals surface area contributed by atoms with Crippen molar-refractivity contribution in [2.24, 2.45) is 0 Å². The Bertz CT molecular complexity index is 520. The van der Waals surface area contributed by atoms with Gasteiger partial charge in [0.25, 0.3) is 0 Å². The average molecular weight is 387 g/mol. The molecule has 7 heteroatoms. The molecule has 0 saturated carbocycles. The molecular formula is C19H34O6Si. The molecule has 0 aromatic rings. The second-order valence-corrected chi connectivity index (χ2v) is 13.1. The number of rotatable bonds is 6. The lowest BCUT2D eigenvalue weighted by Gasteiger charge is -2.40. The second kappa shape index (κ2) is 8.70. The summed E-state index contributed by atoms with van der Waals surface area (Å²) in [5, 5.41) is 10.7. The molecule has 6 atom stereocenters. The van der Waals surface area contributed by atoms with E-state index in [9.17, 15) is 5.11 Å². The SMILES string of the molecule is CCOC(C)O[C@H]1O[C@H](CCC#C[Si](C)(C)C)[C@@H](O)[C@@H]2OC(C)(C)O[C@H]12. The van der Waals surface area contributed by atoms with Crippen LogP contribution in [0.15, 0.2) is 0 Å². The Hall–Kier alpha value is -0.463. The number of hydrogen-bond acceptors (Lipinski definition) is 6. The van der Waals surface area contributed by atoms with E-state index in [0.29, 0.717) is 19.4 Å². The third kappa shape index (κ3) is 6.03. The normalized spacial score (nSPS) is 34.7. The fourth-order valence-electron chi connectivity index (χ4n) is 3.19. The zero-order chi connectivity index (χ0) is 19.5. The maximum Gasteiger partial charge on any atom is 0.189 e. The second-order valence-electron chi connectivity index (χ2n) is 8.35. The lowest BCUT2D eigenvalue weighted by atomic mass is 9.96. The van der Waals surface area contributed by atoms with Crippen molar-refractivity contribution in [1.29, 1.82) is 0 Å². The highest BCUT2D eigenvalue weighted by molar-refractivity contribution is 6.83. The lowest BCUT2D eigenvalue weighted by Crippen LogP contribution is -2.57. The van der Waals surface area contributed by atoms with Crippen molar-refractivity contribution in [2.45, 2.75) is 103 Å². The first-order valence-electron chi connectivity index (χ1n) is 9.48. The summed E-state index contributed by atoms with van der Waals surface area (Å²) in [6, 6.07) is 0. The molecule has 2 heterocycles. The molecule has 150 valence electrons. The molecule has 2 rings (SSSR count). The first kappa shape index (κ1) is 21.8. The Morgan fingerprint density at radius 1 is 1.19 bits per heavy atom. The maximum absolute atomic E-state index is 10.7. The molecule has 1 unspecified atom stereocenters. The predicted molar refractivity (Wildman–Crippen MR) is 101 cm³/mol. The van der Waals surface area contributed by atoms with Crippen LogP contribution in [0.5, 0.6) is 0 Å². The molecule has 0 bridgehead atoms. The summed E-state index contributed by atoms with van der Waals surface area (Å²) in [5.74, 6) is 2.44. The lowest BCUT2D eigenvalue weighted by molar-refractivity contribution is -0.316. The molecule has 0 aromatic heterocycles. The molecule has 0 radical (unpaired) electrons. The number of ether oxygens (including phenoxy) is 5. The van der Waals surface area contributed by atoms with Crippen molar-refractivity contribution >= 4 is 8.07 Å². The van der Waals surface area contributed by atoms with Crippen LogP contribution in [0.2, 0.25) is 19.6 Å². The molecule has 1 N–H and O–H groups in total. The van der Waals surface area contributed by atoms with Crippen LogP contribution < -0.4 is 0 Å². The molecule has 2 aliphatic rings. The zero-order valence-corrected chi connectivity index (χ0v) is 18.1. The average Bonchev–Trinajstić information content (AvgIpc) is 2.83. The van der Waals surface area contributed by atoms with Crippen LogP contribution in [0, 0.1) is 11.5 Å². The first-order chi connectivity index (χ1) is 12.0. The Labute approximate surface area is 158 Å². The Balaban J connectivity index is 2.06. The summed E-state index contributed by atoms with van der Waals surface area (Å²) in [6.07, 6.45) is -1.97. The summed E-state index contributed by atoms with van der Waals surface area (Å²) in [6.45, 7) is 14.6. The summed E-state index contributed by atoms with van der Waals surface area (Å²) in [4.78, 5) is 0. The van der Waals surface area contributed by atoms with Crippen LogP contribution in [0.3, 0.4) is 0 Å². The van der Waals surface area contributed by atoms with Crippen LogP contribution in [0.1, 0.15) is 40.5 Å². The van der Waals surface area contributed by atoms with Gasteiger partial charge in [-0.15, -0.1) is 11.5 Å². The van der Waals surface area contributed by atoms with E-state index < -0.39 is 50.9 Å². The van der Waals surface area contributed by atoms with Gasteiger partial charge < -0.3 is 28.8 Å². The number of fused-ring (bicyclic) bond motifs is 1. The van der Waals surface area contributed by atoms with Gasteiger partial charge in [0.15, 0.2) is 18.4 Å². The molecule has 0 aromatic carbocycles. The fraction of sp³-hybridized carbons (Fsp3) is 0.895. The molecule has 6 nitrogen and oxygen atoms in total. The summed E-state index contributed by atoms with van der Waals surface area (Å²) in [5.41, 5.74) is 3.34. The largest absolute Gasteiger partial charge is 0.388 e. The van der Waals surface area contributed by atoms with Crippen molar-refractivity contribution in [3.63, 3.8) is 0 Å². The van der Waals surface area contributed by atoms with Crippen molar-refractivity contribution in [1.82, 2.24) is 0 Å². The maximum atomic E-state index is 10.7. The molecule has 2 saturated heterocycles. The van der Waals surface area contributed by atoms with Crippen molar-refractivity contribution in [3.05, 3.63) is 0 Å². The Kier molecular flexibility index (Phi) is 7.30. The minimum atomic E-state index is -1.40. The molecular weight excluding hydrogens is 352 g/mol. The monoisotopic (exact) mass is 386 g/mol. The predicted octanol–water partition coefficient (Wildman–Crippen LogP) is 2.65. The molecule has 26 heavy (non-hydrogen) atoms. The van der Waals surface area contributed by atoms with E-state index in [2.05, 4.69) is 31.1 Å². The minimum absolute atomic E-state index is 0.413. The number of aliphatic hydroxyl groups excluding tert-OH is 1. The summed E-state index contributed by atoms with van der Waals surface area (Å²) in [7, 11) is -1.40. The smallest absolute Gasteiger partial charge is 0.189 e. The Morgan fingerprint density at radius 2 is 1.85 bits per heavy atom. The van der Waals surface area contributed by atoms with Crippen molar-refractivity contribution < 1.29 is 28.8 Å². The van der Waals surface area contributed by atoms with E-state index in [1.165, 1.54) is 0 Å². The highest BCUT2D eigenvalue weighted by Crippen LogP contribution is 2.39. The minimum Gasteiger partial charge on any atom is -0.388 e. The van der Waals surface area contributed by atoms with Crippen LogP contribution >= 0.6 is 0 Å². The Morgan fingerprint density at radius 3 is 2.46 bits per heavy atom. The topological polar surface area (TPSA) is 66.4 Å². The van der Waals surface area contributed by atoms with Gasteiger partial charge in [-0.2, -0.15) is 0 Å². The van der Waals surface area contributed by atoms with Gasteiger partial charge in [0.05, 0.1) is 6.10 Å². The molecule has 0 spiro atoms. The highest BCUT2D eigenvalue weighted by Gasteiger charge is 2.55. The molecule has 2 aliphatic heterocycles. The van der Waals surface area contributed by atoms with Crippen molar-refractivity contribution in [2.75, 3.05) is 6.61 Å². The standard InChI is InChI=1S/C19H34O6Si/c1-8-21-13(2)22-18-17-16(24-19(3,4)25-17)15(20)14(23-18)11-9-10-12-26(5,6)7/h13-18,20H,8-9,11H2,1-7H3/t13?,14-,15-,16+,17+,18+/m1/s1. The van der Waals surface area contributed by atoms with Gasteiger partial charge in [-0.1, -0.05) is 19.6 Å². The fourth-order valence-corrected chi connectivity index (χ4v) is 3.84. The van der Waals surface area contributed by atoms with Crippen LogP contribution in [-0.2, 0) is 23.7 Å². The van der Waals surface area contributed by atoms with E-state index in [0.717, 1.165) is 0 Å². The zero-order valence-electron chi connectivity index (χ0n) is 17.1. The third-order valence-electron chi connectivity index (χ3n) is 4.20. The summed E-state index contributed by atoms with van der Waals surface area (Å²) >= 11 is 0. The number of hydrogen-bond donors (Lipinski definition) is 1. The molecule has 0 aliphatic carbocycles.